The largest absolute Gasteiger partial charge is 0.368 e. The molecule has 2 aromatic rings. The van der Waals surface area contributed by atoms with Crippen LogP contribution in [0.1, 0.15) is 37.7 Å². The minimum absolute atomic E-state index is 0.0420. The van der Waals surface area contributed by atoms with Gasteiger partial charge in [-0.05, 0) is 55.4 Å². The smallest absolute Gasteiger partial charge is 0.252 e. The molecule has 0 radical (unpaired) electrons. The quantitative estimate of drug-likeness (QED) is 0.606. The monoisotopic (exact) mass is 520 g/mol. The van der Waals surface area contributed by atoms with Crippen LogP contribution in [0.3, 0.4) is 0 Å². The number of carbonyl (C=O) groups is 1. The lowest BCUT2D eigenvalue weighted by Gasteiger charge is -2.34. The summed E-state index contributed by atoms with van der Waals surface area (Å²) in [5, 5.41) is -0.420. The number of hydrogen-bond donors (Lipinski definition) is 1. The van der Waals surface area contributed by atoms with Gasteiger partial charge in [-0.1, -0.05) is 18.2 Å². The fourth-order valence-corrected chi connectivity index (χ4v) is 7.32. The van der Waals surface area contributed by atoms with Crippen LogP contribution >= 0.6 is 0 Å². The first-order valence-corrected chi connectivity index (χ1v) is 13.9. The Morgan fingerprint density at radius 2 is 1.78 bits per heavy atom. The van der Waals surface area contributed by atoms with Crippen LogP contribution in [-0.2, 0) is 26.0 Å². The average molecular weight is 521 g/mol. The molecule has 2 aliphatic heterocycles. The van der Waals surface area contributed by atoms with Crippen LogP contribution in [0.5, 0.6) is 0 Å². The summed E-state index contributed by atoms with van der Waals surface area (Å²) in [7, 11) is -3.55. The van der Waals surface area contributed by atoms with Crippen molar-refractivity contribution in [3.63, 3.8) is 0 Å². The third-order valence-electron chi connectivity index (χ3n) is 8.02. The Balaban J connectivity index is 1.36. The van der Waals surface area contributed by atoms with Crippen LogP contribution in [0, 0.1) is 22.9 Å². The Morgan fingerprint density at radius 3 is 2.36 bits per heavy atom. The zero-order valence-electron chi connectivity index (χ0n) is 19.6. The van der Waals surface area contributed by atoms with Crippen molar-refractivity contribution in [1.82, 2.24) is 9.62 Å². The van der Waals surface area contributed by atoms with E-state index in [1.165, 1.54) is 6.07 Å². The van der Waals surface area contributed by atoms with Crippen molar-refractivity contribution >= 4 is 15.9 Å². The number of amides is 1. The second-order valence-electron chi connectivity index (χ2n) is 10.5. The fraction of sp³-hybridized carbons (Fsp3) is 0.500. The molecule has 1 N–H and O–H groups in total. The van der Waals surface area contributed by atoms with E-state index in [1.54, 1.807) is 17.0 Å². The van der Waals surface area contributed by atoms with Crippen LogP contribution in [0.15, 0.2) is 36.4 Å². The van der Waals surface area contributed by atoms with Crippen LogP contribution < -0.4 is 4.72 Å². The number of benzene rings is 2. The maximum Gasteiger partial charge on any atom is 0.252 e. The zero-order valence-corrected chi connectivity index (χ0v) is 20.4. The van der Waals surface area contributed by atoms with E-state index in [-0.39, 0.29) is 34.4 Å². The molecule has 1 spiro atoms. The molecule has 0 aromatic heterocycles. The van der Waals surface area contributed by atoms with Crippen LogP contribution in [-0.4, -0.2) is 55.8 Å². The first-order chi connectivity index (χ1) is 17.2. The second-order valence-corrected chi connectivity index (χ2v) is 12.5. The summed E-state index contributed by atoms with van der Waals surface area (Å²) < 4.78 is 77.5. The Labute approximate surface area is 207 Å². The summed E-state index contributed by atoms with van der Waals surface area (Å²) >= 11 is 0. The predicted molar refractivity (Wildman–Crippen MR) is 126 cm³/mol. The van der Waals surface area contributed by atoms with E-state index in [9.17, 15) is 22.0 Å². The molecule has 2 aromatic carbocycles. The van der Waals surface area contributed by atoms with E-state index < -0.39 is 50.9 Å². The average Bonchev–Trinajstić information content (AvgIpc) is 3.68. The molecule has 1 amide bonds. The van der Waals surface area contributed by atoms with Gasteiger partial charge in [0.15, 0.2) is 0 Å². The molecule has 10 heteroatoms. The van der Waals surface area contributed by atoms with Crippen molar-refractivity contribution < 1.29 is 31.1 Å². The van der Waals surface area contributed by atoms with E-state index in [0.717, 1.165) is 31.0 Å². The van der Waals surface area contributed by atoms with Crippen molar-refractivity contribution in [1.29, 1.82) is 0 Å². The molecular formula is C26H27F3N2O4S. The molecule has 2 saturated heterocycles. The summed E-state index contributed by atoms with van der Waals surface area (Å²) in [5.74, 6) is -2.47. The van der Waals surface area contributed by atoms with Gasteiger partial charge in [0.25, 0.3) is 5.91 Å². The molecule has 6 rings (SSSR count). The van der Waals surface area contributed by atoms with Gasteiger partial charge in [-0.2, -0.15) is 0 Å². The lowest BCUT2D eigenvalue weighted by atomic mass is 9.91. The topological polar surface area (TPSA) is 75.7 Å². The standard InChI is InChI=1S/C26H27F3N2O4S/c27-17-10-16(11-18(28)13-17)20-3-1-2-15(23(20)29)12-21-24(30-36(33,34)19-4-5-19)26(7-8-26)14-31(21)25(32)22-6-9-35-22/h1-3,10-11,13,19,21-22,24,30H,4-9,12,14H2/t21-,22?,24+/m0/s1. The zero-order chi connectivity index (χ0) is 25.2. The first kappa shape index (κ1) is 23.9. The summed E-state index contributed by atoms with van der Waals surface area (Å²) in [4.78, 5) is 15.0. The number of nitrogens with one attached hydrogen (secondary N) is 1. The van der Waals surface area contributed by atoms with Crippen LogP contribution in [0.25, 0.3) is 11.1 Å². The SMILES string of the molecule is O=C(C1CCO1)N1CC2(CC2)[C@H](NS(=O)(=O)C2CC2)[C@@H]1Cc1cccc(-c2cc(F)cc(F)c2)c1F. The van der Waals surface area contributed by atoms with E-state index in [2.05, 4.69) is 4.72 Å². The molecule has 4 fully saturated rings. The van der Waals surface area contributed by atoms with Crippen molar-refractivity contribution in [2.75, 3.05) is 13.2 Å². The number of carbonyl (C=O) groups excluding carboxylic acids is 1. The number of hydrogen-bond acceptors (Lipinski definition) is 4. The lowest BCUT2D eigenvalue weighted by Crippen LogP contribution is -2.53. The van der Waals surface area contributed by atoms with Gasteiger partial charge in [0.05, 0.1) is 17.9 Å². The Morgan fingerprint density at radius 1 is 1.08 bits per heavy atom. The van der Waals surface area contributed by atoms with E-state index in [0.29, 0.717) is 32.4 Å². The second kappa shape index (κ2) is 8.56. The molecule has 6 nitrogen and oxygen atoms in total. The van der Waals surface area contributed by atoms with Gasteiger partial charge in [0.1, 0.15) is 23.6 Å². The third-order valence-corrected chi connectivity index (χ3v) is 9.95. The van der Waals surface area contributed by atoms with Crippen molar-refractivity contribution in [2.45, 2.75) is 62.0 Å². The molecule has 4 aliphatic rings. The van der Waals surface area contributed by atoms with Crippen LogP contribution in [0.2, 0.25) is 0 Å². The van der Waals surface area contributed by atoms with E-state index in [1.807, 2.05) is 0 Å². The van der Waals surface area contributed by atoms with Gasteiger partial charge in [-0.3, -0.25) is 4.79 Å². The van der Waals surface area contributed by atoms with Gasteiger partial charge in [-0.15, -0.1) is 0 Å². The minimum Gasteiger partial charge on any atom is -0.368 e. The Kier molecular flexibility index (Phi) is 5.69. The predicted octanol–water partition coefficient (Wildman–Crippen LogP) is 3.54. The van der Waals surface area contributed by atoms with Crippen molar-refractivity contribution in [3.8, 4) is 11.1 Å². The van der Waals surface area contributed by atoms with Crippen molar-refractivity contribution in [2.24, 2.45) is 5.41 Å². The molecule has 3 atom stereocenters. The molecule has 2 heterocycles. The highest BCUT2D eigenvalue weighted by Crippen LogP contribution is 2.56. The van der Waals surface area contributed by atoms with Gasteiger partial charge < -0.3 is 9.64 Å². The van der Waals surface area contributed by atoms with E-state index in [4.69, 9.17) is 4.74 Å². The number of nitrogens with zero attached hydrogens (tertiary/aromatic N) is 1. The maximum absolute atomic E-state index is 15.7. The summed E-state index contributed by atoms with van der Waals surface area (Å²) in [6.45, 7) is 0.892. The number of sulfonamides is 1. The number of likely N-dealkylation sites (tertiary alicyclic amines) is 1. The molecular weight excluding hydrogens is 493 g/mol. The molecule has 2 saturated carbocycles. The number of halogens is 3. The summed E-state index contributed by atoms with van der Waals surface area (Å²) in [5.41, 5.74) is -0.00638. The summed E-state index contributed by atoms with van der Waals surface area (Å²) in [6, 6.07) is 6.33. The number of ether oxygens (including phenoxy) is 1. The fourth-order valence-electron chi connectivity index (χ4n) is 5.61. The van der Waals surface area contributed by atoms with Crippen LogP contribution in [0.4, 0.5) is 13.2 Å². The molecule has 36 heavy (non-hydrogen) atoms. The van der Waals surface area contributed by atoms with Gasteiger partial charge >= 0.3 is 0 Å². The van der Waals surface area contributed by atoms with Crippen molar-refractivity contribution in [3.05, 3.63) is 59.4 Å². The molecule has 192 valence electrons. The molecule has 2 aliphatic carbocycles. The first-order valence-electron chi connectivity index (χ1n) is 12.3. The Hall–Kier alpha value is -2.43. The maximum atomic E-state index is 15.7. The Bertz CT molecular complexity index is 1300. The van der Waals surface area contributed by atoms with Gasteiger partial charge in [-0.25, -0.2) is 26.3 Å². The molecule has 0 bridgehead atoms. The lowest BCUT2D eigenvalue weighted by molar-refractivity contribution is -0.157. The normalized spacial score (nSPS) is 26.8. The van der Waals surface area contributed by atoms with E-state index >= 15 is 4.39 Å². The number of rotatable bonds is 7. The van der Waals surface area contributed by atoms with Gasteiger partial charge in [0.2, 0.25) is 10.0 Å². The highest BCUT2D eigenvalue weighted by atomic mass is 32.2. The highest BCUT2D eigenvalue weighted by Gasteiger charge is 2.62. The molecule has 1 unspecified atom stereocenters. The van der Waals surface area contributed by atoms with Gasteiger partial charge in [0, 0.05) is 36.1 Å². The highest BCUT2D eigenvalue weighted by molar-refractivity contribution is 7.90. The summed E-state index contributed by atoms with van der Waals surface area (Å²) in [6.07, 6.45) is 2.88. The minimum atomic E-state index is -3.55. The third kappa shape index (κ3) is 4.22.